The maximum atomic E-state index is 13.8. The summed E-state index contributed by atoms with van der Waals surface area (Å²) in [6, 6.07) is 21.5. The number of amides is 6. The summed E-state index contributed by atoms with van der Waals surface area (Å²) in [5.74, 6) is -3.49. The second-order valence-corrected chi connectivity index (χ2v) is 29.3. The number of fused-ring (bicyclic) bond motifs is 2. The number of pyridine rings is 1. The van der Waals surface area contributed by atoms with Crippen molar-refractivity contribution >= 4 is 85.9 Å². The van der Waals surface area contributed by atoms with Gasteiger partial charge in [0.1, 0.15) is 43.1 Å². The lowest BCUT2D eigenvalue weighted by atomic mass is 9.39. The van der Waals surface area contributed by atoms with E-state index in [2.05, 4.69) is 34.8 Å². The minimum atomic E-state index is -2.03. The molecule has 6 aromatic rings. The molecule has 4 aliphatic carbocycles. The Kier molecular flexibility index (Phi) is 21.5. The van der Waals surface area contributed by atoms with Crippen molar-refractivity contribution in [3.05, 3.63) is 125 Å². The van der Waals surface area contributed by atoms with Crippen LogP contribution in [0.1, 0.15) is 121 Å². The number of rotatable bonds is 29. The molecule has 542 valence electrons. The minimum Gasteiger partial charge on any atom is -0.489 e. The van der Waals surface area contributed by atoms with Gasteiger partial charge >= 0.3 is 24.1 Å². The molecule has 0 spiro atoms. The number of aromatic nitrogens is 4. The number of carboxylic acid groups (broad SMARTS) is 2. The predicted molar refractivity (Wildman–Crippen MR) is 368 cm³/mol. The lowest BCUT2D eigenvalue weighted by Gasteiger charge is -2.69. The third kappa shape index (κ3) is 16.2. The summed E-state index contributed by atoms with van der Waals surface area (Å²) < 4.78 is 37.7. The van der Waals surface area contributed by atoms with E-state index in [1.807, 2.05) is 59.0 Å². The Morgan fingerprint density at radius 3 is 2.33 bits per heavy atom. The number of aliphatic hydroxyl groups is 3. The Labute approximate surface area is 591 Å². The third-order valence-electron chi connectivity index (χ3n) is 20.0. The molecule has 4 bridgehead atoms. The molecule has 6 heterocycles. The molecule has 7 aliphatic rings. The van der Waals surface area contributed by atoms with E-state index >= 15 is 0 Å². The highest BCUT2D eigenvalue weighted by Crippen LogP contribution is 2.72. The molecule has 29 nitrogen and oxygen atoms in total. The first-order chi connectivity index (χ1) is 48.8. The molecule has 0 radical (unpaired) electrons. The first-order valence-corrected chi connectivity index (χ1v) is 35.0. The van der Waals surface area contributed by atoms with Gasteiger partial charge in [-0.2, -0.15) is 5.10 Å². The molecule has 30 heteroatoms. The summed E-state index contributed by atoms with van der Waals surface area (Å²) >= 11 is 1.40. The van der Waals surface area contributed by atoms with Crippen LogP contribution in [0.15, 0.2) is 91.1 Å². The van der Waals surface area contributed by atoms with Crippen LogP contribution in [0.5, 0.6) is 5.75 Å². The number of thiazole rings is 1. The zero-order valence-electron chi connectivity index (χ0n) is 57.1. The van der Waals surface area contributed by atoms with Crippen LogP contribution in [0, 0.1) is 23.2 Å². The first-order valence-electron chi connectivity index (χ1n) is 34.1. The number of nitrogens with one attached hydrogen (secondary N) is 3. The Morgan fingerprint density at radius 1 is 0.804 bits per heavy atom. The van der Waals surface area contributed by atoms with E-state index in [9.17, 15) is 63.9 Å². The molecule has 6 amide bonds. The average molecular weight is 1430 g/mol. The number of carbonyl (C=O) groups is 8. The second kappa shape index (κ2) is 30.3. The highest BCUT2D eigenvalue weighted by Gasteiger charge is 2.66. The zero-order chi connectivity index (χ0) is 72.3. The molecule has 4 saturated carbocycles. The van der Waals surface area contributed by atoms with Crippen LogP contribution >= 0.6 is 11.3 Å². The highest BCUT2D eigenvalue weighted by molar-refractivity contribution is 7.22. The highest BCUT2D eigenvalue weighted by atomic mass is 32.1. The number of aromatic carboxylic acids is 1. The van der Waals surface area contributed by atoms with Crippen molar-refractivity contribution in [2.24, 2.45) is 16.2 Å². The van der Waals surface area contributed by atoms with E-state index in [0.717, 1.165) is 70.5 Å². The van der Waals surface area contributed by atoms with Crippen LogP contribution < -0.4 is 25.6 Å². The standard InChI is InChI=1S/C72H84N10O19S/c1-42-47(45-17-19-53(77-57(45)63(90)91)80-25-22-44-11-10-12-46(48(44)33-80)62(89)78-66-75-50-13-7-8-14-52(50)102-66)32-74-82(42)41-71-36-69(2)35-70(3,37-71)39-72(38-69,40-71)99-28-26-79(4)68(95)98-34-43-16-18-49(76-67(94)101-65-60(88)58(86)59(87)61(100-65)64(92)93)51(31-43)97-30-29-96-27-23-73-54(83)15-6-5-9-24-81-55(84)20-21-56(81)85/h7-8,10-14,16-21,31-32,58-61,65,86-88H,5-6,9,15,22-30,33-41H2,1-4H3,(H,73,83)(H,76,94)(H,90,91)(H,92,93)(H,75,78,89)/t58-,59-,60+,61-,65-,69?,70?,71?,72?/m0/s1. The zero-order valence-corrected chi connectivity index (χ0v) is 57.9. The van der Waals surface area contributed by atoms with E-state index < -0.39 is 60.4 Å². The maximum absolute atomic E-state index is 13.8. The summed E-state index contributed by atoms with van der Waals surface area (Å²) in [6.45, 7) is 8.86. The van der Waals surface area contributed by atoms with Crippen molar-refractivity contribution in [2.75, 3.05) is 75.2 Å². The summed E-state index contributed by atoms with van der Waals surface area (Å²) in [7, 11) is 1.61. The van der Waals surface area contributed by atoms with Gasteiger partial charge in [0.2, 0.25) is 12.2 Å². The van der Waals surface area contributed by atoms with E-state index in [-0.39, 0.29) is 116 Å². The van der Waals surface area contributed by atoms with Gasteiger partial charge < -0.3 is 69.1 Å². The van der Waals surface area contributed by atoms with Crippen molar-refractivity contribution in [3.63, 3.8) is 0 Å². The SMILES string of the molecule is Cc1c(-c2ccc(N3CCc4cccc(C(=O)Nc5nc6ccccc6s5)c4C3)nc2C(=O)O)cnn1CC12CC3(C)CC(C)(C1)CC(OCCN(C)C(=O)OCc1ccc(NC(=O)O[C@@H]4O[C@H](C(=O)O)[C@@H](O)[C@H](O)[C@H]4O)c(OCCOCCNC(=O)CCCCCN4C(=O)C=CC4=O)c1)(C3)C2. The van der Waals surface area contributed by atoms with Crippen molar-refractivity contribution in [1.82, 2.24) is 34.9 Å². The summed E-state index contributed by atoms with van der Waals surface area (Å²) in [6.07, 6.45) is 0.228. The van der Waals surface area contributed by atoms with Crippen LogP contribution in [0.3, 0.4) is 0 Å². The van der Waals surface area contributed by atoms with Crippen LogP contribution in [0.25, 0.3) is 21.3 Å². The van der Waals surface area contributed by atoms with Gasteiger partial charge in [-0.25, -0.2) is 29.1 Å². The quantitative estimate of drug-likeness (QED) is 0.0170. The Morgan fingerprint density at radius 2 is 1.58 bits per heavy atom. The number of aliphatic hydroxyl groups excluding tert-OH is 3. The number of benzene rings is 3. The topological polar surface area (TPSA) is 382 Å². The molecule has 1 saturated heterocycles. The lowest BCUT2D eigenvalue weighted by Crippen LogP contribution is -2.64. The number of carboxylic acids is 2. The largest absolute Gasteiger partial charge is 0.489 e. The van der Waals surface area contributed by atoms with Crippen LogP contribution in [0.2, 0.25) is 0 Å². The molecular weight excluding hydrogens is 1340 g/mol. The van der Waals surface area contributed by atoms with E-state index in [4.69, 9.17) is 38.5 Å². The molecule has 3 aliphatic heterocycles. The third-order valence-corrected chi connectivity index (χ3v) is 21.0. The van der Waals surface area contributed by atoms with Crippen LogP contribution in [0.4, 0.5) is 26.2 Å². The van der Waals surface area contributed by atoms with Crippen LogP contribution in [-0.4, -0.2) is 199 Å². The monoisotopic (exact) mass is 1420 g/mol. The van der Waals surface area contributed by atoms with Gasteiger partial charge in [-0.05, 0) is 140 Å². The molecule has 3 aromatic carbocycles. The van der Waals surface area contributed by atoms with E-state index in [1.165, 1.54) is 46.6 Å². The van der Waals surface area contributed by atoms with Gasteiger partial charge in [0.05, 0.1) is 47.5 Å². The molecule has 5 fully saturated rings. The number of nitrogens with zero attached hydrogens (tertiary/aromatic N) is 7. The first kappa shape index (κ1) is 72.4. The number of anilines is 3. The number of ether oxygens (including phenoxy) is 6. The fraction of sp³-hybridized carbons (Fsp3) is 0.486. The van der Waals surface area contributed by atoms with Gasteiger partial charge in [-0.3, -0.25) is 39.4 Å². The molecule has 3 aromatic heterocycles. The van der Waals surface area contributed by atoms with Crippen molar-refractivity contribution in [3.8, 4) is 16.9 Å². The number of para-hydroxylation sites is 1. The molecule has 8 N–H and O–H groups in total. The van der Waals surface area contributed by atoms with Crippen molar-refractivity contribution in [2.45, 2.75) is 147 Å². The van der Waals surface area contributed by atoms with Crippen molar-refractivity contribution < 1.29 is 92.3 Å². The predicted octanol–water partition coefficient (Wildman–Crippen LogP) is 7.22. The summed E-state index contributed by atoms with van der Waals surface area (Å²) in [5.41, 5.74) is 4.70. The lowest BCUT2D eigenvalue weighted by molar-refractivity contribution is -0.277. The number of unbranched alkanes of at least 4 members (excludes halogenated alkanes) is 2. The van der Waals surface area contributed by atoms with Gasteiger partial charge in [0, 0.05) is 87.3 Å². The Balaban J connectivity index is 0.645. The summed E-state index contributed by atoms with van der Waals surface area (Å²) in [5, 5.41) is 64.7. The Bertz CT molecular complexity index is 4170. The number of aliphatic carboxylic acids is 1. The molecule has 2 unspecified atom stereocenters. The van der Waals surface area contributed by atoms with Gasteiger partial charge in [-0.15, -0.1) is 0 Å². The molecule has 13 rings (SSSR count). The van der Waals surface area contributed by atoms with Gasteiger partial charge in [-0.1, -0.05) is 61.9 Å². The summed E-state index contributed by atoms with van der Waals surface area (Å²) in [4.78, 5) is 115. The van der Waals surface area contributed by atoms with Gasteiger partial charge in [0.15, 0.2) is 16.9 Å². The fourth-order valence-corrected chi connectivity index (χ4v) is 17.4. The van der Waals surface area contributed by atoms with E-state index in [0.29, 0.717) is 78.5 Å². The number of hydrogen-bond donors (Lipinski definition) is 8. The Hall–Kier alpha value is -9.43. The molecular formula is C72H84N10O19S. The minimum absolute atomic E-state index is 0.0166. The normalized spacial score (nSPS) is 24.8. The average Bonchev–Trinajstić information content (AvgIpc) is 0.770. The number of hydrogen-bond acceptors (Lipinski definition) is 22. The molecule has 102 heavy (non-hydrogen) atoms. The number of carbonyl (C=O) groups excluding carboxylic acids is 6. The number of imide groups is 1. The van der Waals surface area contributed by atoms with Crippen LogP contribution in [-0.2, 0) is 69.0 Å². The van der Waals surface area contributed by atoms with Gasteiger partial charge in [0.25, 0.3) is 17.7 Å². The molecule has 7 atom stereocenters. The number of likely N-dealkylation sites (N-methyl/N-ethyl adjacent to an activating group) is 1. The van der Waals surface area contributed by atoms with E-state index in [1.54, 1.807) is 25.4 Å². The smallest absolute Gasteiger partial charge is 0.414 e. The van der Waals surface area contributed by atoms with Crippen molar-refractivity contribution in [1.29, 1.82) is 0 Å². The fourth-order valence-electron chi connectivity index (χ4n) is 16.5. The maximum Gasteiger partial charge on any atom is 0.414 e. The second-order valence-electron chi connectivity index (χ2n) is 28.3.